The van der Waals surface area contributed by atoms with E-state index in [9.17, 15) is 0 Å². The minimum Gasteiger partial charge on any atom is -0.380 e. The Morgan fingerprint density at radius 3 is 2.32 bits per heavy atom. The van der Waals surface area contributed by atoms with Crippen LogP contribution >= 0.6 is 0 Å². The zero-order valence-electron chi connectivity index (χ0n) is 12.9. The SMILES string of the molecule is CCCNC(COCC)Cc1ccc(C(C)C)cc1. The lowest BCUT2D eigenvalue weighted by molar-refractivity contribution is 0.122. The molecule has 0 bridgehead atoms. The molecule has 0 aliphatic heterocycles. The molecule has 1 aromatic rings. The molecule has 0 aliphatic rings. The summed E-state index contributed by atoms with van der Waals surface area (Å²) in [4.78, 5) is 0. The van der Waals surface area contributed by atoms with E-state index in [4.69, 9.17) is 4.74 Å². The van der Waals surface area contributed by atoms with Gasteiger partial charge in [0, 0.05) is 12.6 Å². The van der Waals surface area contributed by atoms with Crippen molar-refractivity contribution in [1.82, 2.24) is 5.32 Å². The maximum Gasteiger partial charge on any atom is 0.0622 e. The van der Waals surface area contributed by atoms with Crippen LogP contribution in [0, 0.1) is 0 Å². The first-order valence-corrected chi connectivity index (χ1v) is 7.57. The number of hydrogen-bond acceptors (Lipinski definition) is 2. The molecule has 0 amide bonds. The van der Waals surface area contributed by atoms with Gasteiger partial charge in [0.2, 0.25) is 0 Å². The van der Waals surface area contributed by atoms with Crippen molar-refractivity contribution in [1.29, 1.82) is 0 Å². The second-order valence-corrected chi connectivity index (χ2v) is 5.41. The number of rotatable bonds is 9. The van der Waals surface area contributed by atoms with Crippen molar-refractivity contribution in [2.24, 2.45) is 0 Å². The van der Waals surface area contributed by atoms with E-state index in [-0.39, 0.29) is 0 Å². The van der Waals surface area contributed by atoms with E-state index in [1.54, 1.807) is 0 Å². The van der Waals surface area contributed by atoms with E-state index in [1.165, 1.54) is 11.1 Å². The highest BCUT2D eigenvalue weighted by Crippen LogP contribution is 2.15. The normalized spacial score (nSPS) is 12.9. The summed E-state index contributed by atoms with van der Waals surface area (Å²) in [7, 11) is 0. The summed E-state index contributed by atoms with van der Waals surface area (Å²) >= 11 is 0. The fourth-order valence-corrected chi connectivity index (χ4v) is 2.12. The molecule has 1 unspecified atom stereocenters. The third-order valence-corrected chi connectivity index (χ3v) is 3.33. The summed E-state index contributed by atoms with van der Waals surface area (Å²) in [5.74, 6) is 0.603. The molecule has 0 heterocycles. The summed E-state index contributed by atoms with van der Waals surface area (Å²) in [6.07, 6.45) is 2.20. The van der Waals surface area contributed by atoms with Crippen molar-refractivity contribution in [3.8, 4) is 0 Å². The molecule has 0 aliphatic carbocycles. The number of ether oxygens (including phenoxy) is 1. The summed E-state index contributed by atoms with van der Waals surface area (Å²) in [6.45, 7) is 11.3. The Bertz CT molecular complexity index is 324. The van der Waals surface area contributed by atoms with Crippen LogP contribution in [0.1, 0.15) is 51.2 Å². The van der Waals surface area contributed by atoms with Gasteiger partial charge < -0.3 is 10.1 Å². The molecule has 1 atom stereocenters. The molecule has 0 radical (unpaired) electrons. The van der Waals surface area contributed by atoms with E-state index < -0.39 is 0 Å². The summed E-state index contributed by atoms with van der Waals surface area (Å²) < 4.78 is 5.56. The predicted octanol–water partition coefficient (Wildman–Crippen LogP) is 3.76. The van der Waals surface area contributed by atoms with Gasteiger partial charge in [0.15, 0.2) is 0 Å². The Balaban J connectivity index is 2.56. The van der Waals surface area contributed by atoms with Crippen LogP contribution in [0.3, 0.4) is 0 Å². The van der Waals surface area contributed by atoms with Crippen molar-refractivity contribution in [3.05, 3.63) is 35.4 Å². The van der Waals surface area contributed by atoms with Crippen LogP contribution in [-0.2, 0) is 11.2 Å². The van der Waals surface area contributed by atoms with Gasteiger partial charge >= 0.3 is 0 Å². The van der Waals surface area contributed by atoms with Crippen LogP contribution in [0.4, 0.5) is 0 Å². The maximum absolute atomic E-state index is 5.56. The molecule has 0 spiro atoms. The van der Waals surface area contributed by atoms with Crippen LogP contribution in [0.2, 0.25) is 0 Å². The molecule has 2 heteroatoms. The molecule has 0 fully saturated rings. The highest BCUT2D eigenvalue weighted by Gasteiger charge is 2.09. The topological polar surface area (TPSA) is 21.3 Å². The number of benzene rings is 1. The molecular weight excluding hydrogens is 234 g/mol. The number of hydrogen-bond donors (Lipinski definition) is 1. The Kier molecular flexibility index (Phi) is 7.76. The highest BCUT2D eigenvalue weighted by atomic mass is 16.5. The zero-order valence-corrected chi connectivity index (χ0v) is 12.9. The summed E-state index contributed by atoms with van der Waals surface area (Å²) in [6, 6.07) is 9.42. The van der Waals surface area contributed by atoms with Crippen LogP contribution in [0.5, 0.6) is 0 Å². The van der Waals surface area contributed by atoms with Crippen molar-refractivity contribution in [3.63, 3.8) is 0 Å². The molecule has 1 aromatic carbocycles. The first kappa shape index (κ1) is 16.2. The molecule has 0 saturated carbocycles. The van der Waals surface area contributed by atoms with E-state index in [0.29, 0.717) is 12.0 Å². The second kappa shape index (κ2) is 9.11. The van der Waals surface area contributed by atoms with E-state index in [2.05, 4.69) is 50.4 Å². The Labute approximate surface area is 118 Å². The van der Waals surface area contributed by atoms with Gasteiger partial charge in [0.05, 0.1) is 6.61 Å². The van der Waals surface area contributed by atoms with Gasteiger partial charge in [-0.15, -0.1) is 0 Å². The van der Waals surface area contributed by atoms with E-state index >= 15 is 0 Å². The summed E-state index contributed by atoms with van der Waals surface area (Å²) in [5, 5.41) is 3.57. The van der Waals surface area contributed by atoms with Crippen LogP contribution < -0.4 is 5.32 Å². The standard InChI is InChI=1S/C17H29NO/c1-5-11-18-17(13-19-6-2)12-15-7-9-16(10-8-15)14(3)4/h7-10,14,17-18H,5-6,11-13H2,1-4H3. The minimum absolute atomic E-state index is 0.421. The highest BCUT2D eigenvalue weighted by molar-refractivity contribution is 5.25. The first-order valence-electron chi connectivity index (χ1n) is 7.57. The average molecular weight is 263 g/mol. The lowest BCUT2D eigenvalue weighted by atomic mass is 9.99. The van der Waals surface area contributed by atoms with Gasteiger partial charge in [-0.25, -0.2) is 0 Å². The molecule has 0 aromatic heterocycles. The van der Waals surface area contributed by atoms with Crippen LogP contribution in [-0.4, -0.2) is 25.8 Å². The molecule has 19 heavy (non-hydrogen) atoms. The van der Waals surface area contributed by atoms with Gasteiger partial charge in [0.1, 0.15) is 0 Å². The Hall–Kier alpha value is -0.860. The van der Waals surface area contributed by atoms with Gasteiger partial charge in [-0.2, -0.15) is 0 Å². The van der Waals surface area contributed by atoms with Gasteiger partial charge in [-0.3, -0.25) is 0 Å². The zero-order chi connectivity index (χ0) is 14.1. The quantitative estimate of drug-likeness (QED) is 0.732. The lowest BCUT2D eigenvalue weighted by Gasteiger charge is -2.18. The van der Waals surface area contributed by atoms with Crippen molar-refractivity contribution >= 4 is 0 Å². The van der Waals surface area contributed by atoms with E-state index in [0.717, 1.165) is 32.6 Å². The number of nitrogens with one attached hydrogen (secondary N) is 1. The maximum atomic E-state index is 5.56. The van der Waals surface area contributed by atoms with Gasteiger partial charge in [-0.1, -0.05) is 45.0 Å². The van der Waals surface area contributed by atoms with Gasteiger partial charge in [-0.05, 0) is 43.4 Å². The largest absolute Gasteiger partial charge is 0.380 e. The summed E-state index contributed by atoms with van der Waals surface area (Å²) in [5.41, 5.74) is 2.80. The first-order chi connectivity index (χ1) is 9.17. The molecule has 1 rings (SSSR count). The van der Waals surface area contributed by atoms with Crippen LogP contribution in [0.25, 0.3) is 0 Å². The molecule has 108 valence electrons. The third kappa shape index (κ3) is 6.22. The monoisotopic (exact) mass is 263 g/mol. The van der Waals surface area contributed by atoms with Crippen molar-refractivity contribution in [2.45, 2.75) is 52.5 Å². The second-order valence-electron chi connectivity index (χ2n) is 5.41. The van der Waals surface area contributed by atoms with Crippen molar-refractivity contribution < 1.29 is 4.74 Å². The van der Waals surface area contributed by atoms with Crippen LogP contribution in [0.15, 0.2) is 24.3 Å². The fraction of sp³-hybridized carbons (Fsp3) is 0.647. The molecule has 2 nitrogen and oxygen atoms in total. The molecule has 1 N–H and O–H groups in total. The smallest absolute Gasteiger partial charge is 0.0622 e. The van der Waals surface area contributed by atoms with Gasteiger partial charge in [0.25, 0.3) is 0 Å². The molecular formula is C17H29NO. The lowest BCUT2D eigenvalue weighted by Crippen LogP contribution is -2.36. The third-order valence-electron chi connectivity index (χ3n) is 3.33. The Morgan fingerprint density at radius 2 is 1.79 bits per heavy atom. The average Bonchev–Trinajstić information content (AvgIpc) is 2.42. The predicted molar refractivity (Wildman–Crippen MR) is 82.8 cm³/mol. The fourth-order valence-electron chi connectivity index (χ4n) is 2.12. The minimum atomic E-state index is 0.421. The van der Waals surface area contributed by atoms with Crippen molar-refractivity contribution in [2.75, 3.05) is 19.8 Å². The molecule has 0 saturated heterocycles. The van der Waals surface area contributed by atoms with E-state index in [1.807, 2.05) is 6.92 Å². The Morgan fingerprint density at radius 1 is 1.11 bits per heavy atom.